The summed E-state index contributed by atoms with van der Waals surface area (Å²) in [6.07, 6.45) is 4.02. The van der Waals surface area contributed by atoms with E-state index in [9.17, 15) is 5.26 Å². The molecule has 2 aromatic heterocycles. The first kappa shape index (κ1) is 15.2. The quantitative estimate of drug-likeness (QED) is 0.528. The second-order valence-electron chi connectivity index (χ2n) is 6.37. The number of fused-ring (bicyclic) bond motifs is 2. The molecule has 122 valence electrons. The van der Waals surface area contributed by atoms with E-state index < -0.39 is 0 Å². The number of benzene rings is 2. The largest absolute Gasteiger partial charge is 0.344 e. The Kier molecular flexibility index (Phi) is 3.62. The molecule has 0 spiro atoms. The van der Waals surface area contributed by atoms with Crippen molar-refractivity contribution in [3.05, 3.63) is 66.1 Å². The minimum absolute atomic E-state index is 0.351. The molecule has 0 bridgehead atoms. The molecular weight excluding hydrogens is 308 g/mol. The van der Waals surface area contributed by atoms with Crippen LogP contribution in [0.25, 0.3) is 33.6 Å². The minimum Gasteiger partial charge on any atom is -0.344 e. The Morgan fingerprint density at radius 3 is 2.68 bits per heavy atom. The second kappa shape index (κ2) is 5.95. The van der Waals surface area contributed by atoms with Gasteiger partial charge in [-0.15, -0.1) is 0 Å². The zero-order valence-corrected chi connectivity index (χ0v) is 14.2. The number of hydrogen-bond acceptors (Lipinski definition) is 2. The van der Waals surface area contributed by atoms with E-state index in [1.807, 2.05) is 42.5 Å². The standard InChI is InChI=1S/C21H18N4/c1-14(2)25-13-16(17-7-3-6-10-20(17)25)11-15(12-22)21-23-18-8-4-5-9-19(18)24-21/h3-11,13-14H,1-2H3,(H,23,24)/b15-11+. The first-order chi connectivity index (χ1) is 12.2. The smallest absolute Gasteiger partial charge is 0.149 e. The van der Waals surface area contributed by atoms with Crippen molar-refractivity contribution in [2.75, 3.05) is 0 Å². The van der Waals surface area contributed by atoms with Gasteiger partial charge in [-0.05, 0) is 38.1 Å². The van der Waals surface area contributed by atoms with Crippen molar-refractivity contribution in [2.24, 2.45) is 0 Å². The van der Waals surface area contributed by atoms with Crippen molar-refractivity contribution in [1.82, 2.24) is 14.5 Å². The fourth-order valence-corrected chi connectivity index (χ4v) is 3.16. The molecule has 0 atom stereocenters. The van der Waals surface area contributed by atoms with E-state index in [2.05, 4.69) is 52.8 Å². The Hall–Kier alpha value is -3.32. The van der Waals surface area contributed by atoms with E-state index in [1.54, 1.807) is 0 Å². The molecule has 0 amide bonds. The Morgan fingerprint density at radius 1 is 1.16 bits per heavy atom. The van der Waals surface area contributed by atoms with Gasteiger partial charge in [0.25, 0.3) is 0 Å². The lowest BCUT2D eigenvalue weighted by Crippen LogP contribution is -1.97. The summed E-state index contributed by atoms with van der Waals surface area (Å²) in [6.45, 7) is 4.31. The normalized spacial score (nSPS) is 12.2. The van der Waals surface area contributed by atoms with Gasteiger partial charge in [0.2, 0.25) is 0 Å². The van der Waals surface area contributed by atoms with Gasteiger partial charge < -0.3 is 9.55 Å². The number of nitrogens with zero attached hydrogens (tertiary/aromatic N) is 3. The van der Waals surface area contributed by atoms with Crippen LogP contribution >= 0.6 is 0 Å². The van der Waals surface area contributed by atoms with Gasteiger partial charge in [0, 0.05) is 28.7 Å². The van der Waals surface area contributed by atoms with Crippen LogP contribution in [0.2, 0.25) is 0 Å². The number of hydrogen-bond donors (Lipinski definition) is 1. The molecular formula is C21H18N4. The van der Waals surface area contributed by atoms with E-state index in [0.29, 0.717) is 17.4 Å². The first-order valence-corrected chi connectivity index (χ1v) is 8.34. The van der Waals surface area contributed by atoms with Gasteiger partial charge in [0.05, 0.1) is 16.6 Å². The number of nitriles is 1. The van der Waals surface area contributed by atoms with Crippen LogP contribution < -0.4 is 0 Å². The summed E-state index contributed by atoms with van der Waals surface area (Å²) >= 11 is 0. The fourth-order valence-electron chi connectivity index (χ4n) is 3.16. The lowest BCUT2D eigenvalue weighted by molar-refractivity contribution is 0.622. The van der Waals surface area contributed by atoms with Crippen molar-refractivity contribution in [1.29, 1.82) is 5.26 Å². The summed E-state index contributed by atoms with van der Waals surface area (Å²) in [5.41, 5.74) is 4.53. The van der Waals surface area contributed by atoms with Crippen molar-refractivity contribution < 1.29 is 0 Å². The van der Waals surface area contributed by atoms with Crippen LogP contribution in [0.4, 0.5) is 0 Å². The Morgan fingerprint density at radius 2 is 1.92 bits per heavy atom. The Labute approximate surface area is 146 Å². The summed E-state index contributed by atoms with van der Waals surface area (Å²) in [4.78, 5) is 7.78. The van der Waals surface area contributed by atoms with E-state index in [1.165, 1.54) is 5.52 Å². The van der Waals surface area contributed by atoms with Gasteiger partial charge in [-0.25, -0.2) is 4.98 Å². The maximum Gasteiger partial charge on any atom is 0.149 e. The van der Waals surface area contributed by atoms with Crippen molar-refractivity contribution in [3.8, 4) is 6.07 Å². The predicted molar refractivity (Wildman–Crippen MR) is 102 cm³/mol. The number of nitrogens with one attached hydrogen (secondary N) is 1. The van der Waals surface area contributed by atoms with Crippen LogP contribution in [0.5, 0.6) is 0 Å². The lowest BCUT2D eigenvalue weighted by Gasteiger charge is -2.08. The van der Waals surface area contributed by atoms with Crippen LogP contribution in [-0.2, 0) is 0 Å². The summed E-state index contributed by atoms with van der Waals surface area (Å²) in [6, 6.07) is 18.7. The third-order valence-corrected chi connectivity index (χ3v) is 4.39. The van der Waals surface area contributed by atoms with Crippen molar-refractivity contribution >= 4 is 33.6 Å². The fraction of sp³-hybridized carbons (Fsp3) is 0.143. The molecule has 4 heteroatoms. The molecule has 0 fully saturated rings. The van der Waals surface area contributed by atoms with Gasteiger partial charge >= 0.3 is 0 Å². The predicted octanol–water partition coefficient (Wildman–Crippen LogP) is 5.16. The third-order valence-electron chi connectivity index (χ3n) is 4.39. The summed E-state index contributed by atoms with van der Waals surface area (Å²) in [5.74, 6) is 0.602. The number of para-hydroxylation sites is 3. The van der Waals surface area contributed by atoms with Crippen LogP contribution in [0, 0.1) is 11.3 Å². The Bertz CT molecular complexity index is 1100. The first-order valence-electron chi connectivity index (χ1n) is 8.34. The van der Waals surface area contributed by atoms with Gasteiger partial charge in [-0.1, -0.05) is 30.3 Å². The maximum absolute atomic E-state index is 9.67. The minimum atomic E-state index is 0.351. The molecule has 0 aliphatic rings. The number of imidazole rings is 1. The number of rotatable bonds is 3. The molecule has 0 aliphatic carbocycles. The van der Waals surface area contributed by atoms with Crippen molar-refractivity contribution in [3.63, 3.8) is 0 Å². The SMILES string of the molecule is CC(C)n1cc(/C=C(\C#N)c2nc3ccccc3[nH]2)c2ccccc21. The highest BCUT2D eigenvalue weighted by atomic mass is 15.0. The molecule has 0 radical (unpaired) electrons. The van der Waals surface area contributed by atoms with Crippen LogP contribution in [-0.4, -0.2) is 14.5 Å². The Balaban J connectivity index is 1.88. The highest BCUT2D eigenvalue weighted by molar-refractivity contribution is 5.98. The van der Waals surface area contributed by atoms with Crippen LogP contribution in [0.3, 0.4) is 0 Å². The molecule has 4 aromatic rings. The van der Waals surface area contributed by atoms with Gasteiger partial charge in [-0.3, -0.25) is 0 Å². The van der Waals surface area contributed by atoms with Gasteiger partial charge in [0.1, 0.15) is 11.9 Å². The monoisotopic (exact) mass is 326 g/mol. The topological polar surface area (TPSA) is 57.4 Å². The van der Waals surface area contributed by atoms with Crippen LogP contribution in [0.1, 0.15) is 31.3 Å². The van der Waals surface area contributed by atoms with E-state index >= 15 is 0 Å². The molecule has 0 aliphatic heterocycles. The van der Waals surface area contributed by atoms with E-state index in [0.717, 1.165) is 22.0 Å². The number of aromatic nitrogens is 3. The maximum atomic E-state index is 9.67. The molecule has 4 rings (SSSR count). The molecule has 0 saturated heterocycles. The summed E-state index contributed by atoms with van der Waals surface area (Å²) in [5, 5.41) is 10.8. The zero-order chi connectivity index (χ0) is 17.4. The van der Waals surface area contributed by atoms with Crippen LogP contribution in [0.15, 0.2) is 54.7 Å². The van der Waals surface area contributed by atoms with Gasteiger partial charge in [-0.2, -0.15) is 5.26 Å². The highest BCUT2D eigenvalue weighted by Crippen LogP contribution is 2.28. The van der Waals surface area contributed by atoms with Gasteiger partial charge in [0.15, 0.2) is 0 Å². The summed E-state index contributed by atoms with van der Waals surface area (Å²) in [7, 11) is 0. The molecule has 4 nitrogen and oxygen atoms in total. The summed E-state index contributed by atoms with van der Waals surface area (Å²) < 4.78 is 2.23. The zero-order valence-electron chi connectivity index (χ0n) is 14.2. The second-order valence-corrected chi connectivity index (χ2v) is 6.37. The van der Waals surface area contributed by atoms with E-state index in [4.69, 9.17) is 0 Å². The average molecular weight is 326 g/mol. The molecule has 1 N–H and O–H groups in total. The molecule has 0 saturated carbocycles. The molecule has 2 heterocycles. The molecule has 2 aromatic carbocycles. The number of H-pyrrole nitrogens is 1. The van der Waals surface area contributed by atoms with E-state index in [-0.39, 0.29) is 0 Å². The third kappa shape index (κ3) is 2.60. The number of allylic oxidation sites excluding steroid dienone is 1. The molecule has 0 unspecified atom stereocenters. The lowest BCUT2D eigenvalue weighted by atomic mass is 10.1. The van der Waals surface area contributed by atoms with Crippen molar-refractivity contribution in [2.45, 2.75) is 19.9 Å². The average Bonchev–Trinajstić information content (AvgIpc) is 3.21. The number of aromatic amines is 1. The molecule has 25 heavy (non-hydrogen) atoms. The highest BCUT2D eigenvalue weighted by Gasteiger charge is 2.12.